The predicted octanol–water partition coefficient (Wildman–Crippen LogP) is 4.53. The Labute approximate surface area is 145 Å². The molecule has 0 aliphatic carbocycles. The maximum atomic E-state index is 12.7. The zero-order chi connectivity index (χ0) is 17.1. The van der Waals surface area contributed by atoms with Crippen LogP contribution in [0.4, 0.5) is 0 Å². The number of rotatable bonds is 4. The minimum Gasteiger partial charge on any atom is -0.345 e. The molecule has 1 heterocycles. The standard InChI is InChI=1S/C19H18ClN3O/c1-12-5-3-4-6-16(12)13(2)22-19(24)17-11-21-23-18(17)14-7-9-15(20)10-8-14/h3-11,13H,1-2H3,(H,21,23)(H,22,24). The van der Waals surface area contributed by atoms with Crippen LogP contribution in [0.15, 0.2) is 54.7 Å². The summed E-state index contributed by atoms with van der Waals surface area (Å²) < 4.78 is 0. The van der Waals surface area contributed by atoms with E-state index < -0.39 is 0 Å². The van der Waals surface area contributed by atoms with Crippen molar-refractivity contribution < 1.29 is 4.79 Å². The average Bonchev–Trinajstić information content (AvgIpc) is 3.05. The number of nitrogens with zero attached hydrogens (tertiary/aromatic N) is 1. The molecule has 0 aliphatic rings. The Morgan fingerprint density at radius 2 is 1.88 bits per heavy atom. The number of carbonyl (C=O) groups is 1. The highest BCUT2D eigenvalue weighted by Crippen LogP contribution is 2.24. The Morgan fingerprint density at radius 1 is 1.17 bits per heavy atom. The number of carbonyl (C=O) groups excluding carboxylic acids is 1. The van der Waals surface area contributed by atoms with E-state index in [1.807, 2.05) is 50.2 Å². The number of halogens is 1. The molecule has 4 nitrogen and oxygen atoms in total. The summed E-state index contributed by atoms with van der Waals surface area (Å²) in [6.45, 7) is 4.01. The van der Waals surface area contributed by atoms with E-state index in [-0.39, 0.29) is 11.9 Å². The van der Waals surface area contributed by atoms with Gasteiger partial charge in [-0.1, -0.05) is 48.0 Å². The Hall–Kier alpha value is -2.59. The van der Waals surface area contributed by atoms with Crippen molar-refractivity contribution in [2.75, 3.05) is 0 Å². The number of aromatic nitrogens is 2. The van der Waals surface area contributed by atoms with Crippen molar-refractivity contribution in [3.63, 3.8) is 0 Å². The number of hydrogen-bond donors (Lipinski definition) is 2. The third-order valence-corrected chi connectivity index (χ3v) is 4.27. The lowest BCUT2D eigenvalue weighted by atomic mass is 10.0. The van der Waals surface area contributed by atoms with Gasteiger partial charge >= 0.3 is 0 Å². The van der Waals surface area contributed by atoms with E-state index in [9.17, 15) is 4.79 Å². The van der Waals surface area contributed by atoms with Crippen molar-refractivity contribution in [2.45, 2.75) is 19.9 Å². The van der Waals surface area contributed by atoms with Gasteiger partial charge in [0.05, 0.1) is 23.5 Å². The second-order valence-electron chi connectivity index (χ2n) is 5.72. The molecule has 5 heteroatoms. The molecule has 2 N–H and O–H groups in total. The summed E-state index contributed by atoms with van der Waals surface area (Å²) in [5.41, 5.74) is 4.31. The number of H-pyrrole nitrogens is 1. The molecule has 122 valence electrons. The van der Waals surface area contributed by atoms with Gasteiger partial charge in [-0.15, -0.1) is 0 Å². The van der Waals surface area contributed by atoms with Crippen molar-refractivity contribution in [3.05, 3.63) is 76.4 Å². The van der Waals surface area contributed by atoms with E-state index in [0.29, 0.717) is 16.3 Å². The number of benzene rings is 2. The number of nitrogens with one attached hydrogen (secondary N) is 2. The van der Waals surface area contributed by atoms with Gasteiger partial charge in [-0.2, -0.15) is 5.10 Å². The number of hydrogen-bond acceptors (Lipinski definition) is 2. The monoisotopic (exact) mass is 339 g/mol. The molecule has 1 unspecified atom stereocenters. The maximum absolute atomic E-state index is 12.7. The van der Waals surface area contributed by atoms with Crippen molar-refractivity contribution in [3.8, 4) is 11.3 Å². The lowest BCUT2D eigenvalue weighted by Crippen LogP contribution is -2.27. The highest BCUT2D eigenvalue weighted by Gasteiger charge is 2.18. The summed E-state index contributed by atoms with van der Waals surface area (Å²) in [6.07, 6.45) is 1.55. The largest absolute Gasteiger partial charge is 0.345 e. The molecular weight excluding hydrogens is 322 g/mol. The molecule has 0 fully saturated rings. The summed E-state index contributed by atoms with van der Waals surface area (Å²) in [5, 5.41) is 10.6. The minimum absolute atomic E-state index is 0.0910. The molecule has 1 atom stereocenters. The van der Waals surface area contributed by atoms with Crippen molar-refractivity contribution in [1.82, 2.24) is 15.5 Å². The molecule has 0 saturated heterocycles. The lowest BCUT2D eigenvalue weighted by Gasteiger charge is -2.16. The average molecular weight is 340 g/mol. The van der Waals surface area contributed by atoms with E-state index in [4.69, 9.17) is 11.6 Å². The first-order valence-electron chi connectivity index (χ1n) is 7.72. The minimum atomic E-state index is -0.163. The van der Waals surface area contributed by atoms with Crippen LogP contribution in [0.2, 0.25) is 5.02 Å². The van der Waals surface area contributed by atoms with Crippen LogP contribution in [0.3, 0.4) is 0 Å². The maximum Gasteiger partial charge on any atom is 0.255 e. The van der Waals surface area contributed by atoms with Gasteiger partial charge in [-0.25, -0.2) is 0 Å². The summed E-state index contributed by atoms with van der Waals surface area (Å²) in [7, 11) is 0. The second kappa shape index (κ2) is 6.89. The van der Waals surface area contributed by atoms with Gasteiger partial charge in [0.1, 0.15) is 0 Å². The predicted molar refractivity (Wildman–Crippen MR) is 96.1 cm³/mol. The summed E-state index contributed by atoms with van der Waals surface area (Å²) in [6, 6.07) is 15.2. The first-order chi connectivity index (χ1) is 11.6. The Balaban J connectivity index is 1.83. The molecule has 24 heavy (non-hydrogen) atoms. The summed E-state index contributed by atoms with van der Waals surface area (Å²) in [4.78, 5) is 12.7. The molecule has 0 bridgehead atoms. The van der Waals surface area contributed by atoms with Gasteiger partial charge in [0.25, 0.3) is 5.91 Å². The van der Waals surface area contributed by atoms with E-state index in [1.54, 1.807) is 18.3 Å². The molecule has 0 saturated carbocycles. The van der Waals surface area contributed by atoms with Gasteiger partial charge in [-0.05, 0) is 37.1 Å². The van der Waals surface area contributed by atoms with Crippen molar-refractivity contribution in [2.24, 2.45) is 0 Å². The number of aromatic amines is 1. The molecule has 0 radical (unpaired) electrons. The van der Waals surface area contributed by atoms with Gasteiger partial charge in [0.2, 0.25) is 0 Å². The molecule has 0 aliphatic heterocycles. The van der Waals surface area contributed by atoms with E-state index in [1.165, 1.54) is 0 Å². The Bertz CT molecular complexity index is 855. The fourth-order valence-electron chi connectivity index (χ4n) is 2.72. The molecule has 3 rings (SSSR count). The fourth-order valence-corrected chi connectivity index (χ4v) is 2.85. The van der Waals surface area contributed by atoms with Crippen LogP contribution in [0.1, 0.15) is 34.5 Å². The van der Waals surface area contributed by atoms with Gasteiger partial charge in [0, 0.05) is 10.6 Å². The van der Waals surface area contributed by atoms with Crippen LogP contribution in [0.25, 0.3) is 11.3 Å². The van der Waals surface area contributed by atoms with Crippen LogP contribution < -0.4 is 5.32 Å². The molecule has 2 aromatic carbocycles. The molecule has 1 amide bonds. The molecular formula is C19H18ClN3O. The van der Waals surface area contributed by atoms with Crippen LogP contribution in [0.5, 0.6) is 0 Å². The van der Waals surface area contributed by atoms with Gasteiger partial charge in [-0.3, -0.25) is 9.89 Å². The summed E-state index contributed by atoms with van der Waals surface area (Å²) in [5.74, 6) is -0.163. The Kier molecular flexibility index (Phi) is 4.67. The van der Waals surface area contributed by atoms with Crippen LogP contribution in [0, 0.1) is 6.92 Å². The first kappa shape index (κ1) is 16.3. The van der Waals surface area contributed by atoms with Gasteiger partial charge in [0.15, 0.2) is 0 Å². The zero-order valence-electron chi connectivity index (χ0n) is 13.5. The van der Waals surface area contributed by atoms with Crippen LogP contribution in [-0.4, -0.2) is 16.1 Å². The fraction of sp³-hybridized carbons (Fsp3) is 0.158. The van der Waals surface area contributed by atoms with Crippen molar-refractivity contribution in [1.29, 1.82) is 0 Å². The van der Waals surface area contributed by atoms with E-state index >= 15 is 0 Å². The highest BCUT2D eigenvalue weighted by molar-refractivity contribution is 6.30. The molecule has 0 spiro atoms. The van der Waals surface area contributed by atoms with Crippen LogP contribution >= 0.6 is 11.6 Å². The molecule has 1 aromatic heterocycles. The lowest BCUT2D eigenvalue weighted by molar-refractivity contribution is 0.0940. The zero-order valence-corrected chi connectivity index (χ0v) is 14.3. The third kappa shape index (κ3) is 3.34. The van der Waals surface area contributed by atoms with Crippen LogP contribution in [-0.2, 0) is 0 Å². The van der Waals surface area contributed by atoms with Gasteiger partial charge < -0.3 is 5.32 Å². The quantitative estimate of drug-likeness (QED) is 0.733. The number of aryl methyl sites for hydroxylation is 1. The first-order valence-corrected chi connectivity index (χ1v) is 8.09. The second-order valence-corrected chi connectivity index (χ2v) is 6.15. The normalized spacial score (nSPS) is 12.0. The Morgan fingerprint density at radius 3 is 2.58 bits per heavy atom. The highest BCUT2D eigenvalue weighted by atomic mass is 35.5. The SMILES string of the molecule is Cc1ccccc1C(C)NC(=O)c1cn[nH]c1-c1ccc(Cl)cc1. The molecule has 3 aromatic rings. The number of amides is 1. The third-order valence-electron chi connectivity index (χ3n) is 4.02. The summed E-state index contributed by atoms with van der Waals surface area (Å²) >= 11 is 5.92. The van der Waals surface area contributed by atoms with Crippen molar-refractivity contribution >= 4 is 17.5 Å². The van der Waals surface area contributed by atoms with E-state index in [0.717, 1.165) is 16.7 Å². The van der Waals surface area contributed by atoms with E-state index in [2.05, 4.69) is 15.5 Å². The topological polar surface area (TPSA) is 57.8 Å². The smallest absolute Gasteiger partial charge is 0.255 e.